The third-order valence-corrected chi connectivity index (χ3v) is 1.60. The van der Waals surface area contributed by atoms with E-state index in [-0.39, 0.29) is 5.11 Å². The zero-order chi connectivity index (χ0) is 9.68. The quantitative estimate of drug-likeness (QED) is 0.451. The summed E-state index contributed by atoms with van der Waals surface area (Å²) in [5.41, 5.74) is 8.35. The fraction of sp³-hybridized carbons (Fsp3) is 0. The molecule has 68 valence electrons. The first kappa shape index (κ1) is 9.88. The molecular weight excluding hydrogens is 208 g/mol. The number of halogens is 1. The molecule has 0 fully saturated rings. The highest BCUT2D eigenvalue weighted by Gasteiger charge is 1.94. The first-order valence-electron chi connectivity index (χ1n) is 3.41. The number of benzene rings is 1. The van der Waals surface area contributed by atoms with Crippen LogP contribution in [0.3, 0.4) is 0 Å². The van der Waals surface area contributed by atoms with E-state index in [0.717, 1.165) is 0 Å². The molecule has 0 aromatic heterocycles. The Kier molecular flexibility index (Phi) is 3.60. The summed E-state index contributed by atoms with van der Waals surface area (Å²) in [7, 11) is 0. The lowest BCUT2D eigenvalue weighted by atomic mass is 10.3. The van der Waals surface area contributed by atoms with Crippen molar-refractivity contribution in [3.63, 3.8) is 0 Å². The summed E-state index contributed by atoms with van der Waals surface area (Å²) in [5, 5.41) is 7.48. The summed E-state index contributed by atoms with van der Waals surface area (Å²) >= 11 is 10.3. The second kappa shape index (κ2) is 4.74. The first-order valence-corrected chi connectivity index (χ1v) is 4.19. The van der Waals surface area contributed by atoms with Gasteiger partial charge in [0.1, 0.15) is 0 Å². The molecule has 6 heteroatoms. The van der Waals surface area contributed by atoms with Crippen molar-refractivity contribution >= 4 is 34.6 Å². The summed E-state index contributed by atoms with van der Waals surface area (Å²) in [6, 6.07) is 7.14. The van der Waals surface area contributed by atoms with E-state index in [0.29, 0.717) is 10.7 Å². The lowest BCUT2D eigenvalue weighted by Crippen LogP contribution is -2.03. The molecule has 0 saturated carbocycles. The number of rotatable bonds is 2. The number of hydrogen-bond acceptors (Lipinski definition) is 2. The van der Waals surface area contributed by atoms with Crippen LogP contribution in [0.25, 0.3) is 0 Å². The predicted octanol–water partition coefficient (Wildman–Crippen LogP) is 2.36. The van der Waals surface area contributed by atoms with Gasteiger partial charge >= 0.3 is 0 Å². The molecule has 0 aliphatic heterocycles. The third-order valence-electron chi connectivity index (χ3n) is 1.19. The van der Waals surface area contributed by atoms with Gasteiger partial charge in [-0.2, -0.15) is 0 Å². The van der Waals surface area contributed by atoms with Crippen LogP contribution in [0.5, 0.6) is 0 Å². The third kappa shape index (κ3) is 3.35. The molecule has 0 aliphatic carbocycles. The van der Waals surface area contributed by atoms with Crippen LogP contribution in [-0.2, 0) is 0 Å². The van der Waals surface area contributed by atoms with Crippen LogP contribution in [0, 0.1) is 0 Å². The molecule has 1 rings (SSSR count). The highest BCUT2D eigenvalue weighted by Crippen LogP contribution is 2.20. The van der Waals surface area contributed by atoms with Gasteiger partial charge in [-0.1, -0.05) is 29.0 Å². The van der Waals surface area contributed by atoms with Crippen LogP contribution in [0.2, 0.25) is 5.02 Å². The Labute approximate surface area is 85.8 Å². The van der Waals surface area contributed by atoms with Crippen LogP contribution < -0.4 is 11.2 Å². The first-order chi connectivity index (χ1) is 6.20. The molecule has 1 aromatic carbocycles. The van der Waals surface area contributed by atoms with Crippen molar-refractivity contribution in [3.05, 3.63) is 29.3 Å². The van der Waals surface area contributed by atoms with Crippen LogP contribution in [0.15, 0.2) is 34.6 Å². The van der Waals surface area contributed by atoms with Crippen LogP contribution >= 0.6 is 23.8 Å². The zero-order valence-electron chi connectivity index (χ0n) is 6.57. The molecule has 13 heavy (non-hydrogen) atoms. The summed E-state index contributed by atoms with van der Waals surface area (Å²) in [6.45, 7) is 0. The van der Waals surface area contributed by atoms with Gasteiger partial charge in [-0.05, 0) is 24.4 Å². The fourth-order valence-electron chi connectivity index (χ4n) is 0.680. The van der Waals surface area contributed by atoms with Gasteiger partial charge in [0.2, 0.25) is 5.11 Å². The van der Waals surface area contributed by atoms with E-state index >= 15 is 0 Å². The number of nitrogens with one attached hydrogen (secondary N) is 1. The van der Waals surface area contributed by atoms with E-state index in [1.165, 1.54) is 0 Å². The van der Waals surface area contributed by atoms with Gasteiger partial charge in [-0.25, -0.2) is 0 Å². The minimum absolute atomic E-state index is 0.0282. The number of nitrogens with two attached hydrogens (primary N) is 1. The van der Waals surface area contributed by atoms with Gasteiger partial charge in [-0.3, -0.25) is 5.43 Å². The number of anilines is 1. The van der Waals surface area contributed by atoms with Gasteiger partial charge in [0, 0.05) is 0 Å². The van der Waals surface area contributed by atoms with E-state index < -0.39 is 0 Å². The van der Waals surface area contributed by atoms with E-state index in [2.05, 4.69) is 28.0 Å². The Morgan fingerprint density at radius 3 is 2.77 bits per heavy atom. The van der Waals surface area contributed by atoms with Gasteiger partial charge in [0.05, 0.1) is 10.7 Å². The van der Waals surface area contributed by atoms with Crippen molar-refractivity contribution in [1.82, 2.24) is 0 Å². The zero-order valence-corrected chi connectivity index (χ0v) is 8.14. The second-order valence-corrected chi connectivity index (χ2v) is 2.96. The monoisotopic (exact) mass is 214 g/mol. The van der Waals surface area contributed by atoms with E-state index in [1.54, 1.807) is 12.1 Å². The maximum Gasteiger partial charge on any atom is 0.213 e. The molecule has 0 spiro atoms. The molecular formula is C7H7ClN4S. The molecule has 3 N–H and O–H groups in total. The van der Waals surface area contributed by atoms with E-state index in [9.17, 15) is 0 Å². The van der Waals surface area contributed by atoms with Crippen molar-refractivity contribution in [3.8, 4) is 0 Å². The second-order valence-electron chi connectivity index (χ2n) is 2.13. The van der Waals surface area contributed by atoms with Gasteiger partial charge in [0.25, 0.3) is 0 Å². The Hall–Kier alpha value is -1.20. The lowest BCUT2D eigenvalue weighted by molar-refractivity contribution is 1.16. The molecule has 0 unspecified atom stereocenters. The van der Waals surface area contributed by atoms with E-state index in [1.807, 2.05) is 12.1 Å². The van der Waals surface area contributed by atoms with Gasteiger partial charge < -0.3 is 5.73 Å². The summed E-state index contributed by atoms with van der Waals surface area (Å²) in [4.78, 5) is 0. The fourth-order valence-corrected chi connectivity index (χ4v) is 0.899. The molecule has 0 bridgehead atoms. The molecule has 0 heterocycles. The number of para-hydroxylation sites is 1. The van der Waals surface area contributed by atoms with Crippen molar-refractivity contribution in [2.75, 3.05) is 5.43 Å². The van der Waals surface area contributed by atoms with Crippen LogP contribution in [0.4, 0.5) is 5.69 Å². The number of thiocarbonyl (C=S) groups is 1. The highest BCUT2D eigenvalue weighted by molar-refractivity contribution is 7.80. The highest BCUT2D eigenvalue weighted by atomic mass is 35.5. The van der Waals surface area contributed by atoms with Crippen molar-refractivity contribution in [2.45, 2.75) is 0 Å². The maximum atomic E-state index is 5.81. The molecule has 0 atom stereocenters. The van der Waals surface area contributed by atoms with Crippen LogP contribution in [0.1, 0.15) is 0 Å². The number of nitrogens with zero attached hydrogens (tertiary/aromatic N) is 2. The Bertz CT molecular complexity index is 339. The minimum atomic E-state index is -0.0282. The number of hydrogen-bond donors (Lipinski definition) is 2. The SMILES string of the molecule is NC(=S)/N=N/Nc1ccccc1Cl. The molecule has 4 nitrogen and oxygen atoms in total. The van der Waals surface area contributed by atoms with Crippen LogP contribution in [-0.4, -0.2) is 5.11 Å². The predicted molar refractivity (Wildman–Crippen MR) is 56.7 cm³/mol. The van der Waals surface area contributed by atoms with Gasteiger partial charge in [-0.15, -0.1) is 5.11 Å². The average Bonchev–Trinajstić information content (AvgIpc) is 2.08. The molecule has 0 amide bonds. The summed E-state index contributed by atoms with van der Waals surface area (Å²) in [5.74, 6) is 0. The van der Waals surface area contributed by atoms with E-state index in [4.69, 9.17) is 17.3 Å². The standard InChI is InChI=1S/C7H7ClN4S/c8-5-3-1-2-4-6(5)10-12-11-7(9)13/h1-4H,(H3,9,10,11,13). The Balaban J connectivity index is 2.64. The lowest BCUT2D eigenvalue weighted by Gasteiger charge is -1.99. The normalized spacial score (nSPS) is 10.2. The molecule has 0 radical (unpaired) electrons. The molecule has 0 saturated heterocycles. The topological polar surface area (TPSA) is 62.8 Å². The smallest absolute Gasteiger partial charge is 0.213 e. The van der Waals surface area contributed by atoms with Crippen molar-refractivity contribution in [1.29, 1.82) is 0 Å². The largest absolute Gasteiger partial charge is 0.373 e. The van der Waals surface area contributed by atoms with Crippen molar-refractivity contribution < 1.29 is 0 Å². The Morgan fingerprint density at radius 1 is 1.46 bits per heavy atom. The molecule has 1 aromatic rings. The summed E-state index contributed by atoms with van der Waals surface area (Å²) < 4.78 is 0. The summed E-state index contributed by atoms with van der Waals surface area (Å²) in [6.07, 6.45) is 0. The van der Waals surface area contributed by atoms with Crippen molar-refractivity contribution in [2.24, 2.45) is 16.1 Å². The average molecular weight is 215 g/mol. The minimum Gasteiger partial charge on any atom is -0.373 e. The van der Waals surface area contributed by atoms with Gasteiger partial charge in [0.15, 0.2) is 0 Å². The maximum absolute atomic E-state index is 5.81. The Morgan fingerprint density at radius 2 is 2.15 bits per heavy atom. The molecule has 0 aliphatic rings.